The van der Waals surface area contributed by atoms with Crippen molar-refractivity contribution < 1.29 is 0 Å². The molecule has 1 N–H and O–H groups in total. The fraction of sp³-hybridized carbons (Fsp3) is 0.500. The maximum absolute atomic E-state index is 4.52. The van der Waals surface area contributed by atoms with Crippen molar-refractivity contribution in [2.45, 2.75) is 19.3 Å². The van der Waals surface area contributed by atoms with E-state index in [2.05, 4.69) is 22.4 Å². The molecule has 1 unspecified atom stereocenters. The molecule has 1 fully saturated rings. The van der Waals surface area contributed by atoms with Crippen LogP contribution in [0, 0.1) is 6.92 Å². The monoisotopic (exact) mass is 198 g/mol. The van der Waals surface area contributed by atoms with Crippen LogP contribution in [0.25, 0.3) is 0 Å². The van der Waals surface area contributed by atoms with Crippen LogP contribution in [0.15, 0.2) is 18.2 Å². The van der Waals surface area contributed by atoms with E-state index in [1.165, 1.54) is 12.1 Å². The predicted octanol–water partition coefficient (Wildman–Crippen LogP) is 1.89. The number of nitrogens with one attached hydrogen (secondary N) is 1. The van der Waals surface area contributed by atoms with Gasteiger partial charge in [0, 0.05) is 23.9 Å². The molecule has 0 aromatic carbocycles. The van der Waals surface area contributed by atoms with Crippen molar-refractivity contribution in [3.8, 4) is 0 Å². The summed E-state index contributed by atoms with van der Waals surface area (Å²) in [7, 11) is 0. The zero-order chi connectivity index (χ0) is 8.39. The Kier molecular flexibility index (Phi) is 3.70. The van der Waals surface area contributed by atoms with E-state index >= 15 is 0 Å². The van der Waals surface area contributed by atoms with Gasteiger partial charge in [0.15, 0.2) is 0 Å². The first-order valence-corrected chi connectivity index (χ1v) is 4.50. The first kappa shape index (κ1) is 10.5. The Balaban J connectivity index is 0.000000845. The number of hydrogen-bond acceptors (Lipinski definition) is 2. The van der Waals surface area contributed by atoms with Gasteiger partial charge in [0.05, 0.1) is 0 Å². The van der Waals surface area contributed by atoms with Gasteiger partial charge in [0.1, 0.15) is 0 Å². The van der Waals surface area contributed by atoms with Gasteiger partial charge in [-0.15, -0.1) is 12.4 Å². The molecule has 2 rings (SSSR count). The third kappa shape index (κ3) is 2.42. The molecule has 1 aliphatic rings. The fourth-order valence-corrected chi connectivity index (χ4v) is 1.70. The Labute approximate surface area is 85.2 Å². The second kappa shape index (κ2) is 4.58. The number of halogens is 1. The minimum absolute atomic E-state index is 0. The van der Waals surface area contributed by atoms with Gasteiger partial charge in [-0.2, -0.15) is 0 Å². The van der Waals surface area contributed by atoms with Gasteiger partial charge in [-0.25, -0.2) is 0 Å². The lowest BCUT2D eigenvalue weighted by Crippen LogP contribution is -2.09. The van der Waals surface area contributed by atoms with Crippen LogP contribution in [-0.2, 0) is 0 Å². The molecular weight excluding hydrogens is 184 g/mol. The quantitative estimate of drug-likeness (QED) is 0.746. The summed E-state index contributed by atoms with van der Waals surface area (Å²) in [4.78, 5) is 4.52. The molecule has 3 heteroatoms. The van der Waals surface area contributed by atoms with E-state index in [1.54, 1.807) is 0 Å². The molecular formula is C10H15ClN2. The van der Waals surface area contributed by atoms with Gasteiger partial charge in [-0.3, -0.25) is 4.98 Å². The van der Waals surface area contributed by atoms with Crippen LogP contribution in [0.5, 0.6) is 0 Å². The molecule has 72 valence electrons. The van der Waals surface area contributed by atoms with E-state index in [4.69, 9.17) is 0 Å². The molecule has 1 aromatic rings. The molecule has 13 heavy (non-hydrogen) atoms. The van der Waals surface area contributed by atoms with Crippen molar-refractivity contribution in [1.29, 1.82) is 0 Å². The Hall–Kier alpha value is -0.600. The molecule has 0 bridgehead atoms. The minimum Gasteiger partial charge on any atom is -0.316 e. The lowest BCUT2D eigenvalue weighted by Gasteiger charge is -2.07. The molecule has 0 amide bonds. The lowest BCUT2D eigenvalue weighted by atomic mass is 10.0. The first-order valence-electron chi connectivity index (χ1n) is 4.50. The number of rotatable bonds is 1. The highest BCUT2D eigenvalue weighted by molar-refractivity contribution is 5.85. The fourth-order valence-electron chi connectivity index (χ4n) is 1.70. The van der Waals surface area contributed by atoms with Crippen molar-refractivity contribution in [1.82, 2.24) is 10.3 Å². The topological polar surface area (TPSA) is 24.9 Å². The summed E-state index contributed by atoms with van der Waals surface area (Å²) >= 11 is 0. The van der Waals surface area contributed by atoms with Crippen molar-refractivity contribution >= 4 is 12.4 Å². The van der Waals surface area contributed by atoms with Gasteiger partial charge >= 0.3 is 0 Å². The summed E-state index contributed by atoms with van der Waals surface area (Å²) in [5.41, 5.74) is 2.37. The van der Waals surface area contributed by atoms with Gasteiger partial charge in [0.2, 0.25) is 0 Å². The van der Waals surface area contributed by atoms with E-state index in [-0.39, 0.29) is 12.4 Å². The maximum Gasteiger partial charge on any atom is 0.0450 e. The second-order valence-corrected chi connectivity index (χ2v) is 3.39. The molecule has 2 nitrogen and oxygen atoms in total. The molecule has 1 saturated heterocycles. The summed E-state index contributed by atoms with van der Waals surface area (Å²) < 4.78 is 0. The summed E-state index contributed by atoms with van der Waals surface area (Å²) in [5, 5.41) is 3.35. The van der Waals surface area contributed by atoms with Gasteiger partial charge < -0.3 is 5.32 Å². The average molecular weight is 199 g/mol. The highest BCUT2D eigenvalue weighted by atomic mass is 35.5. The van der Waals surface area contributed by atoms with Crippen LogP contribution in [0.1, 0.15) is 23.7 Å². The zero-order valence-corrected chi connectivity index (χ0v) is 8.60. The summed E-state index contributed by atoms with van der Waals surface area (Å²) in [5.74, 6) is 0.643. The van der Waals surface area contributed by atoms with Crippen LogP contribution in [0.2, 0.25) is 0 Å². The first-order chi connectivity index (χ1) is 5.86. The van der Waals surface area contributed by atoms with Crippen molar-refractivity contribution in [2.75, 3.05) is 13.1 Å². The van der Waals surface area contributed by atoms with E-state index in [1.807, 2.05) is 13.0 Å². The van der Waals surface area contributed by atoms with E-state index in [0.29, 0.717) is 5.92 Å². The van der Waals surface area contributed by atoms with Gasteiger partial charge in [-0.05, 0) is 32.0 Å². The number of hydrogen-bond donors (Lipinski definition) is 1. The highest BCUT2D eigenvalue weighted by Crippen LogP contribution is 2.19. The number of pyridine rings is 1. The highest BCUT2D eigenvalue weighted by Gasteiger charge is 2.17. The molecule has 1 aromatic heterocycles. The zero-order valence-electron chi connectivity index (χ0n) is 7.79. The lowest BCUT2D eigenvalue weighted by molar-refractivity contribution is 0.731. The molecule has 0 saturated carbocycles. The number of aromatic nitrogens is 1. The molecule has 1 aliphatic heterocycles. The van der Waals surface area contributed by atoms with Crippen LogP contribution < -0.4 is 5.32 Å². The van der Waals surface area contributed by atoms with E-state index in [0.717, 1.165) is 18.8 Å². The molecule has 1 atom stereocenters. The number of aryl methyl sites for hydroxylation is 1. The van der Waals surface area contributed by atoms with Crippen LogP contribution in [0.4, 0.5) is 0 Å². The van der Waals surface area contributed by atoms with Crippen molar-refractivity contribution in [3.05, 3.63) is 29.6 Å². The SMILES string of the molecule is Cc1cccc(C2CCNC2)n1.Cl. The smallest absolute Gasteiger partial charge is 0.0450 e. The van der Waals surface area contributed by atoms with Crippen molar-refractivity contribution in [3.63, 3.8) is 0 Å². The Morgan fingerprint density at radius 3 is 2.92 bits per heavy atom. The van der Waals surface area contributed by atoms with Crippen molar-refractivity contribution in [2.24, 2.45) is 0 Å². The molecule has 2 heterocycles. The third-order valence-electron chi connectivity index (χ3n) is 2.39. The largest absolute Gasteiger partial charge is 0.316 e. The van der Waals surface area contributed by atoms with Crippen LogP contribution >= 0.6 is 12.4 Å². The average Bonchev–Trinajstić information content (AvgIpc) is 2.56. The van der Waals surface area contributed by atoms with Gasteiger partial charge in [-0.1, -0.05) is 6.07 Å². The number of nitrogens with zero attached hydrogens (tertiary/aromatic N) is 1. The normalized spacial score (nSPS) is 21.2. The van der Waals surface area contributed by atoms with E-state index < -0.39 is 0 Å². The minimum atomic E-state index is 0. The summed E-state index contributed by atoms with van der Waals surface area (Å²) in [6.07, 6.45) is 1.23. The van der Waals surface area contributed by atoms with Gasteiger partial charge in [0.25, 0.3) is 0 Å². The van der Waals surface area contributed by atoms with E-state index in [9.17, 15) is 0 Å². The Morgan fingerprint density at radius 2 is 2.31 bits per heavy atom. The Morgan fingerprint density at radius 1 is 1.46 bits per heavy atom. The molecule has 0 spiro atoms. The molecule has 0 radical (unpaired) electrons. The van der Waals surface area contributed by atoms with Crippen LogP contribution in [0.3, 0.4) is 0 Å². The standard InChI is InChI=1S/C10H14N2.ClH/c1-8-3-2-4-10(12-8)9-5-6-11-7-9;/h2-4,9,11H,5-7H2,1H3;1H. The molecule has 0 aliphatic carbocycles. The Bertz CT molecular complexity index is 269. The summed E-state index contributed by atoms with van der Waals surface area (Å²) in [6, 6.07) is 6.27. The van der Waals surface area contributed by atoms with Crippen LogP contribution in [-0.4, -0.2) is 18.1 Å². The predicted molar refractivity (Wildman–Crippen MR) is 56.4 cm³/mol. The summed E-state index contributed by atoms with van der Waals surface area (Å²) in [6.45, 7) is 4.28. The maximum atomic E-state index is 4.52. The third-order valence-corrected chi connectivity index (χ3v) is 2.39. The second-order valence-electron chi connectivity index (χ2n) is 3.39.